The summed E-state index contributed by atoms with van der Waals surface area (Å²) in [5.41, 5.74) is -1.47. The Balaban J connectivity index is 3.30. The number of aromatic nitrogens is 1. The Morgan fingerprint density at radius 3 is 2.41 bits per heavy atom. The zero-order valence-electron chi connectivity index (χ0n) is 7.93. The first kappa shape index (κ1) is 13.9. The molecule has 1 heterocycles. The van der Waals surface area contributed by atoms with Crippen molar-refractivity contribution >= 4 is 11.6 Å². The molecule has 0 saturated heterocycles. The minimum Gasteiger partial charge on any atom is -0.402 e. The molecule has 0 aliphatic rings. The van der Waals surface area contributed by atoms with Gasteiger partial charge in [0.2, 0.25) is 0 Å². The summed E-state index contributed by atoms with van der Waals surface area (Å²) in [4.78, 5) is 3.07. The molecule has 0 unspecified atom stereocenters. The van der Waals surface area contributed by atoms with E-state index in [4.69, 9.17) is 16.7 Å². The summed E-state index contributed by atoms with van der Waals surface area (Å²) in [6.07, 6.45) is -7.70. The second kappa shape index (κ2) is 5.01. The molecule has 0 radical (unpaired) electrons. The predicted molar refractivity (Wildman–Crippen MR) is 46.8 cm³/mol. The highest BCUT2D eigenvalue weighted by Gasteiger charge is 2.35. The van der Waals surface area contributed by atoms with Crippen LogP contribution in [0.2, 0.25) is 5.02 Å². The molecule has 9 heteroatoms. The first-order valence-electron chi connectivity index (χ1n) is 4.08. The summed E-state index contributed by atoms with van der Waals surface area (Å²) in [5, 5.41) is 7.98. The molecule has 1 aromatic rings. The standard InChI is InChI=1S/C8H5ClF5NO2/c9-4-3(2-16)1-15-5(7(10)11)6(4)17-8(12,13)14/h1,7,16H,2H2. The average Bonchev–Trinajstić information content (AvgIpc) is 2.18. The lowest BCUT2D eigenvalue weighted by Crippen LogP contribution is -2.19. The summed E-state index contributed by atoms with van der Waals surface area (Å²) >= 11 is 5.41. The van der Waals surface area contributed by atoms with E-state index in [1.807, 2.05) is 0 Å². The van der Waals surface area contributed by atoms with Crippen LogP contribution in [0.1, 0.15) is 17.7 Å². The van der Waals surface area contributed by atoms with Crippen LogP contribution in [0.4, 0.5) is 22.0 Å². The van der Waals surface area contributed by atoms with E-state index in [-0.39, 0.29) is 5.56 Å². The van der Waals surface area contributed by atoms with Gasteiger partial charge in [0.05, 0.1) is 11.6 Å². The van der Waals surface area contributed by atoms with Crippen LogP contribution in [0.3, 0.4) is 0 Å². The van der Waals surface area contributed by atoms with E-state index in [9.17, 15) is 22.0 Å². The smallest absolute Gasteiger partial charge is 0.402 e. The number of ether oxygens (including phenoxy) is 1. The second-order valence-electron chi connectivity index (χ2n) is 2.82. The van der Waals surface area contributed by atoms with E-state index >= 15 is 0 Å². The molecule has 0 atom stereocenters. The number of nitrogens with zero attached hydrogens (tertiary/aromatic N) is 1. The third-order valence-corrected chi connectivity index (χ3v) is 2.08. The van der Waals surface area contributed by atoms with Gasteiger partial charge in [-0.05, 0) is 0 Å². The number of aliphatic hydroxyl groups is 1. The summed E-state index contributed by atoms with van der Waals surface area (Å²) in [6.45, 7) is -0.746. The minimum atomic E-state index is -5.18. The van der Waals surface area contributed by atoms with Crippen molar-refractivity contribution < 1.29 is 31.8 Å². The molecule has 0 aliphatic carbocycles. The van der Waals surface area contributed by atoms with Gasteiger partial charge in [-0.3, -0.25) is 4.98 Å². The zero-order chi connectivity index (χ0) is 13.2. The fourth-order valence-electron chi connectivity index (χ4n) is 1.000. The maximum Gasteiger partial charge on any atom is 0.573 e. The van der Waals surface area contributed by atoms with Gasteiger partial charge in [0.15, 0.2) is 11.4 Å². The molecular weight excluding hydrogens is 273 g/mol. The maximum absolute atomic E-state index is 12.4. The van der Waals surface area contributed by atoms with E-state index in [0.29, 0.717) is 0 Å². The largest absolute Gasteiger partial charge is 0.573 e. The van der Waals surface area contributed by atoms with Gasteiger partial charge in [-0.15, -0.1) is 13.2 Å². The number of pyridine rings is 1. The molecule has 96 valence electrons. The van der Waals surface area contributed by atoms with Gasteiger partial charge in [-0.2, -0.15) is 0 Å². The Hall–Kier alpha value is -1.15. The first-order chi connectivity index (χ1) is 7.76. The third-order valence-electron chi connectivity index (χ3n) is 1.67. The van der Waals surface area contributed by atoms with E-state index in [1.54, 1.807) is 0 Å². The molecule has 1 rings (SSSR count). The first-order valence-corrected chi connectivity index (χ1v) is 4.46. The molecule has 0 aromatic carbocycles. The van der Waals surface area contributed by atoms with Gasteiger partial charge in [0.25, 0.3) is 6.43 Å². The van der Waals surface area contributed by atoms with Crippen LogP contribution in [0, 0.1) is 0 Å². The Kier molecular flexibility index (Phi) is 4.10. The fraction of sp³-hybridized carbons (Fsp3) is 0.375. The normalized spacial score (nSPS) is 12.0. The van der Waals surface area contributed by atoms with Gasteiger partial charge >= 0.3 is 6.36 Å². The van der Waals surface area contributed by atoms with Crippen LogP contribution in [0.15, 0.2) is 6.20 Å². The van der Waals surface area contributed by atoms with Crippen LogP contribution in [-0.2, 0) is 6.61 Å². The average molecular weight is 278 g/mol. The maximum atomic E-state index is 12.4. The Morgan fingerprint density at radius 2 is 2.00 bits per heavy atom. The van der Waals surface area contributed by atoms with E-state index in [0.717, 1.165) is 6.20 Å². The Bertz CT molecular complexity index is 410. The molecule has 0 bridgehead atoms. The molecule has 17 heavy (non-hydrogen) atoms. The monoisotopic (exact) mass is 277 g/mol. The van der Waals surface area contributed by atoms with Crippen LogP contribution in [-0.4, -0.2) is 16.5 Å². The van der Waals surface area contributed by atoms with E-state index in [1.165, 1.54) is 0 Å². The van der Waals surface area contributed by atoms with Crippen molar-refractivity contribution in [2.45, 2.75) is 19.4 Å². The summed E-state index contributed by atoms with van der Waals surface area (Å²) < 4.78 is 64.1. The predicted octanol–water partition coefficient (Wildman–Crippen LogP) is 3.06. The Morgan fingerprint density at radius 1 is 1.41 bits per heavy atom. The summed E-state index contributed by atoms with van der Waals surface area (Å²) in [6, 6.07) is 0. The molecule has 0 amide bonds. The van der Waals surface area contributed by atoms with Crippen molar-refractivity contribution in [1.82, 2.24) is 4.98 Å². The molecule has 0 aliphatic heterocycles. The van der Waals surface area contributed by atoms with Crippen LogP contribution < -0.4 is 4.74 Å². The van der Waals surface area contributed by atoms with Crippen molar-refractivity contribution in [1.29, 1.82) is 0 Å². The molecule has 0 spiro atoms. The van der Waals surface area contributed by atoms with Crippen molar-refractivity contribution in [2.24, 2.45) is 0 Å². The van der Waals surface area contributed by atoms with E-state index < -0.39 is 35.9 Å². The Labute approximate surface area is 96.8 Å². The molecule has 1 N–H and O–H groups in total. The lowest BCUT2D eigenvalue weighted by atomic mass is 10.2. The quantitative estimate of drug-likeness (QED) is 0.864. The molecule has 0 fully saturated rings. The molecule has 0 saturated carbocycles. The highest BCUT2D eigenvalue weighted by Crippen LogP contribution is 2.38. The van der Waals surface area contributed by atoms with E-state index in [2.05, 4.69) is 9.72 Å². The SMILES string of the molecule is OCc1cnc(C(F)F)c(OC(F)(F)F)c1Cl. The van der Waals surface area contributed by atoms with Gasteiger partial charge in [-0.1, -0.05) is 11.6 Å². The van der Waals surface area contributed by atoms with Gasteiger partial charge in [-0.25, -0.2) is 8.78 Å². The van der Waals surface area contributed by atoms with Gasteiger partial charge in [0, 0.05) is 11.8 Å². The highest BCUT2D eigenvalue weighted by atomic mass is 35.5. The van der Waals surface area contributed by atoms with Crippen molar-refractivity contribution in [3.05, 3.63) is 22.5 Å². The minimum absolute atomic E-state index is 0.240. The summed E-state index contributed by atoms with van der Waals surface area (Å²) in [7, 11) is 0. The van der Waals surface area contributed by atoms with Crippen molar-refractivity contribution in [2.75, 3.05) is 0 Å². The number of alkyl halides is 5. The molecular formula is C8H5ClF5NO2. The third kappa shape index (κ3) is 3.40. The van der Waals surface area contributed by atoms with Crippen LogP contribution >= 0.6 is 11.6 Å². The second-order valence-corrected chi connectivity index (χ2v) is 3.20. The number of hydrogen-bond acceptors (Lipinski definition) is 3. The lowest BCUT2D eigenvalue weighted by Gasteiger charge is -2.15. The fourth-order valence-corrected chi connectivity index (χ4v) is 1.24. The van der Waals surface area contributed by atoms with Crippen LogP contribution in [0.5, 0.6) is 5.75 Å². The van der Waals surface area contributed by atoms with Crippen LogP contribution in [0.25, 0.3) is 0 Å². The number of rotatable bonds is 3. The number of hydrogen-bond donors (Lipinski definition) is 1. The van der Waals surface area contributed by atoms with Crippen molar-refractivity contribution in [3.8, 4) is 5.75 Å². The van der Waals surface area contributed by atoms with Crippen molar-refractivity contribution in [3.63, 3.8) is 0 Å². The zero-order valence-corrected chi connectivity index (χ0v) is 8.69. The molecule has 3 nitrogen and oxygen atoms in total. The number of aliphatic hydroxyl groups excluding tert-OH is 1. The number of halogens is 6. The summed E-state index contributed by atoms with van der Waals surface area (Å²) in [5.74, 6) is -1.29. The topological polar surface area (TPSA) is 42.4 Å². The van der Waals surface area contributed by atoms with Gasteiger partial charge in [0.1, 0.15) is 0 Å². The lowest BCUT2D eigenvalue weighted by molar-refractivity contribution is -0.275. The molecule has 1 aromatic heterocycles. The van der Waals surface area contributed by atoms with Gasteiger partial charge < -0.3 is 9.84 Å². The highest BCUT2D eigenvalue weighted by molar-refractivity contribution is 6.32.